The zero-order chi connectivity index (χ0) is 23.8. The molecule has 0 unspecified atom stereocenters. The van der Waals surface area contributed by atoms with Crippen LogP contribution in [0.1, 0.15) is 5.56 Å². The zero-order valence-corrected chi connectivity index (χ0v) is 19.1. The Morgan fingerprint density at radius 2 is 1.88 bits per heavy atom. The minimum Gasteiger partial charge on any atom is -0.506 e. The van der Waals surface area contributed by atoms with Crippen molar-refractivity contribution in [3.05, 3.63) is 77.2 Å². The van der Waals surface area contributed by atoms with E-state index in [-0.39, 0.29) is 34.5 Å². The number of aromatic hydroxyl groups is 1. The topological polar surface area (TPSA) is 97.5 Å². The van der Waals surface area contributed by atoms with Gasteiger partial charge in [-0.2, -0.15) is 0 Å². The quantitative estimate of drug-likeness (QED) is 0.280. The number of H-pyrrole nitrogens is 1. The molecule has 172 valence electrons. The second-order valence-electron chi connectivity index (χ2n) is 7.67. The number of fused-ring (bicyclic) bond motifs is 2. The van der Waals surface area contributed by atoms with E-state index >= 15 is 0 Å². The molecule has 1 aliphatic heterocycles. The molecule has 0 saturated heterocycles. The Morgan fingerprint density at radius 3 is 2.71 bits per heavy atom. The predicted molar refractivity (Wildman–Crippen MR) is 132 cm³/mol. The summed E-state index contributed by atoms with van der Waals surface area (Å²) in [5.41, 5.74) is 2.70. The number of carbonyl (C=O) groups is 2. The molecule has 10 heteroatoms. The second-order valence-corrected chi connectivity index (χ2v) is 9.06. The van der Waals surface area contributed by atoms with Gasteiger partial charge >= 0.3 is 6.03 Å². The highest BCUT2D eigenvalue weighted by molar-refractivity contribution is 8.00. The molecule has 3 aromatic carbocycles. The SMILES string of the molecule is O=C(Nc1ccc2c(c1)SCC(=O)N2Cc1c(F)ccc(O)c1Cl)Nc1ccc2cc[nH]c2c1. The summed E-state index contributed by atoms with van der Waals surface area (Å²) in [6.07, 6.45) is 1.83. The number of thioether (sulfide) groups is 1. The maximum atomic E-state index is 14.3. The van der Waals surface area contributed by atoms with Crippen molar-refractivity contribution in [2.75, 3.05) is 21.3 Å². The number of phenols is 1. The number of aromatic amines is 1. The van der Waals surface area contributed by atoms with Gasteiger partial charge in [-0.25, -0.2) is 9.18 Å². The maximum Gasteiger partial charge on any atom is 0.323 e. The van der Waals surface area contributed by atoms with E-state index in [9.17, 15) is 19.1 Å². The Kier molecular flexibility index (Phi) is 5.80. The van der Waals surface area contributed by atoms with Crippen LogP contribution < -0.4 is 15.5 Å². The van der Waals surface area contributed by atoms with Crippen LogP contribution in [0.3, 0.4) is 0 Å². The number of hydrogen-bond acceptors (Lipinski definition) is 4. The van der Waals surface area contributed by atoms with Gasteiger partial charge in [-0.05, 0) is 53.9 Å². The molecule has 0 fully saturated rings. The van der Waals surface area contributed by atoms with E-state index in [1.54, 1.807) is 18.2 Å². The van der Waals surface area contributed by atoms with Crippen LogP contribution in [0.25, 0.3) is 10.9 Å². The van der Waals surface area contributed by atoms with Crippen molar-refractivity contribution in [3.8, 4) is 5.75 Å². The fourth-order valence-electron chi connectivity index (χ4n) is 3.76. The Labute approximate surface area is 202 Å². The number of phenolic OH excluding ortho intramolecular Hbond substituents is 1. The first-order valence-corrected chi connectivity index (χ1v) is 11.6. The van der Waals surface area contributed by atoms with Gasteiger partial charge in [0.25, 0.3) is 0 Å². The van der Waals surface area contributed by atoms with E-state index in [1.807, 2.05) is 30.5 Å². The van der Waals surface area contributed by atoms with Gasteiger partial charge < -0.3 is 25.6 Å². The van der Waals surface area contributed by atoms with E-state index in [2.05, 4.69) is 15.6 Å². The molecule has 5 rings (SSSR count). The van der Waals surface area contributed by atoms with Crippen molar-refractivity contribution in [1.82, 2.24) is 4.98 Å². The molecule has 3 amide bonds. The minimum absolute atomic E-state index is 0.0356. The van der Waals surface area contributed by atoms with Crippen LogP contribution in [0.5, 0.6) is 5.75 Å². The average Bonchev–Trinajstić information content (AvgIpc) is 3.28. The van der Waals surface area contributed by atoms with Crippen molar-refractivity contribution in [2.24, 2.45) is 0 Å². The molecule has 0 spiro atoms. The second kappa shape index (κ2) is 8.92. The van der Waals surface area contributed by atoms with E-state index in [0.29, 0.717) is 17.1 Å². The number of amides is 3. The van der Waals surface area contributed by atoms with Gasteiger partial charge in [-0.3, -0.25) is 4.79 Å². The minimum atomic E-state index is -0.608. The third-order valence-corrected chi connectivity index (χ3v) is 6.91. The highest BCUT2D eigenvalue weighted by Crippen LogP contribution is 2.39. The lowest BCUT2D eigenvalue weighted by atomic mass is 10.1. The molecule has 7 nitrogen and oxygen atoms in total. The third kappa shape index (κ3) is 4.27. The molecule has 2 heterocycles. The number of aromatic nitrogens is 1. The van der Waals surface area contributed by atoms with Crippen molar-refractivity contribution in [2.45, 2.75) is 11.4 Å². The Bertz CT molecular complexity index is 1440. The number of halogens is 2. The average molecular weight is 497 g/mol. The van der Waals surface area contributed by atoms with Crippen LogP contribution in [-0.4, -0.2) is 27.8 Å². The van der Waals surface area contributed by atoms with Crippen LogP contribution in [0.4, 0.5) is 26.2 Å². The first-order valence-electron chi connectivity index (χ1n) is 10.3. The number of nitrogens with zero attached hydrogens (tertiary/aromatic N) is 1. The number of rotatable bonds is 4. The molecule has 0 saturated carbocycles. The zero-order valence-electron chi connectivity index (χ0n) is 17.6. The van der Waals surface area contributed by atoms with Gasteiger partial charge in [0.2, 0.25) is 5.91 Å². The van der Waals surface area contributed by atoms with Crippen LogP contribution in [0.2, 0.25) is 5.02 Å². The molecule has 1 aromatic heterocycles. The van der Waals surface area contributed by atoms with Crippen molar-refractivity contribution in [3.63, 3.8) is 0 Å². The first-order chi connectivity index (χ1) is 16.4. The summed E-state index contributed by atoms with van der Waals surface area (Å²) in [6.45, 7) is -0.125. The molecule has 0 atom stereocenters. The predicted octanol–water partition coefficient (Wildman–Crippen LogP) is 5.95. The summed E-state index contributed by atoms with van der Waals surface area (Å²) < 4.78 is 14.3. The lowest BCUT2D eigenvalue weighted by Crippen LogP contribution is -2.35. The lowest BCUT2D eigenvalue weighted by molar-refractivity contribution is -0.116. The summed E-state index contributed by atoms with van der Waals surface area (Å²) in [4.78, 5) is 30.4. The largest absolute Gasteiger partial charge is 0.506 e. The molecule has 1 aliphatic rings. The molecule has 0 radical (unpaired) electrons. The van der Waals surface area contributed by atoms with Gasteiger partial charge in [0.05, 0.1) is 23.0 Å². The summed E-state index contributed by atoms with van der Waals surface area (Å²) in [7, 11) is 0. The monoisotopic (exact) mass is 496 g/mol. The van der Waals surface area contributed by atoms with E-state index < -0.39 is 11.8 Å². The van der Waals surface area contributed by atoms with Crippen LogP contribution in [-0.2, 0) is 11.3 Å². The van der Waals surface area contributed by atoms with Gasteiger partial charge in [-0.15, -0.1) is 11.8 Å². The summed E-state index contributed by atoms with van der Waals surface area (Å²) in [6, 6.07) is 14.5. The van der Waals surface area contributed by atoms with Gasteiger partial charge in [0, 0.05) is 33.5 Å². The fourth-order valence-corrected chi connectivity index (χ4v) is 4.95. The molecule has 0 aliphatic carbocycles. The Hall–Kier alpha value is -3.69. The fraction of sp³-hybridized carbons (Fsp3) is 0.0833. The number of carbonyl (C=O) groups excluding carboxylic acids is 2. The van der Waals surface area contributed by atoms with Gasteiger partial charge in [0.1, 0.15) is 11.6 Å². The van der Waals surface area contributed by atoms with E-state index in [1.165, 1.54) is 22.7 Å². The normalized spacial score (nSPS) is 13.1. The van der Waals surface area contributed by atoms with Crippen molar-refractivity contribution < 1.29 is 19.1 Å². The highest BCUT2D eigenvalue weighted by atomic mass is 35.5. The highest BCUT2D eigenvalue weighted by Gasteiger charge is 2.27. The molecule has 0 bridgehead atoms. The standard InChI is InChI=1S/C24H18ClFN4O3S/c25-23-16(17(26)4-6-20(23)31)11-30-19-5-3-15(10-21(19)34-12-22(30)32)29-24(33)28-14-2-1-13-7-8-27-18(13)9-14/h1-10,27,31H,11-12H2,(H2,28,29,33). The van der Waals surface area contributed by atoms with Crippen LogP contribution in [0, 0.1) is 5.82 Å². The number of urea groups is 1. The van der Waals surface area contributed by atoms with Crippen LogP contribution >= 0.6 is 23.4 Å². The Morgan fingerprint density at radius 1 is 1.12 bits per heavy atom. The van der Waals surface area contributed by atoms with Crippen molar-refractivity contribution >= 4 is 63.3 Å². The van der Waals surface area contributed by atoms with Crippen LogP contribution in [0.15, 0.2) is 65.7 Å². The summed E-state index contributed by atoms with van der Waals surface area (Å²) in [5.74, 6) is -0.924. The summed E-state index contributed by atoms with van der Waals surface area (Å²) in [5, 5.41) is 16.3. The third-order valence-electron chi connectivity index (χ3n) is 5.46. The van der Waals surface area contributed by atoms with Crippen molar-refractivity contribution in [1.29, 1.82) is 0 Å². The molecule has 34 heavy (non-hydrogen) atoms. The first kappa shape index (κ1) is 22.1. The smallest absolute Gasteiger partial charge is 0.323 e. The lowest BCUT2D eigenvalue weighted by Gasteiger charge is -2.30. The number of hydrogen-bond donors (Lipinski definition) is 4. The molecule has 4 aromatic rings. The molecular weight excluding hydrogens is 479 g/mol. The number of benzene rings is 3. The maximum absolute atomic E-state index is 14.3. The van der Waals surface area contributed by atoms with E-state index in [4.69, 9.17) is 11.6 Å². The molecular formula is C24H18ClFN4O3S. The van der Waals surface area contributed by atoms with Gasteiger partial charge in [-0.1, -0.05) is 17.7 Å². The number of nitrogens with one attached hydrogen (secondary N) is 3. The van der Waals surface area contributed by atoms with E-state index in [0.717, 1.165) is 21.9 Å². The molecule has 4 N–H and O–H groups in total. The van der Waals surface area contributed by atoms with Gasteiger partial charge in [0.15, 0.2) is 0 Å². The number of anilines is 3. The Balaban J connectivity index is 1.34. The summed E-state index contributed by atoms with van der Waals surface area (Å²) >= 11 is 7.40.